The van der Waals surface area contributed by atoms with E-state index in [0.29, 0.717) is 18.0 Å². The van der Waals surface area contributed by atoms with Gasteiger partial charge in [-0.3, -0.25) is 9.59 Å². The van der Waals surface area contributed by atoms with Crippen molar-refractivity contribution in [1.29, 1.82) is 0 Å². The van der Waals surface area contributed by atoms with E-state index in [4.69, 9.17) is 5.73 Å². The molecular weight excluding hydrogens is 297 g/mol. The Balaban J connectivity index is 0.00000400. The van der Waals surface area contributed by atoms with Crippen molar-refractivity contribution >= 4 is 35.6 Å². The van der Waals surface area contributed by atoms with Crippen LogP contribution in [0.2, 0.25) is 0 Å². The Kier molecular flexibility index (Phi) is 7.91. The van der Waals surface area contributed by atoms with E-state index in [2.05, 4.69) is 10.6 Å². The Morgan fingerprint density at radius 2 is 1.90 bits per heavy atom. The van der Waals surface area contributed by atoms with Gasteiger partial charge in [0.15, 0.2) is 0 Å². The molecule has 0 aliphatic carbocycles. The molecule has 1 aromatic rings. The van der Waals surface area contributed by atoms with E-state index < -0.39 is 11.9 Å². The molecule has 4 N–H and O–H groups in total. The lowest BCUT2D eigenvalue weighted by Crippen LogP contribution is -2.36. The summed E-state index contributed by atoms with van der Waals surface area (Å²) >= 11 is 0. The van der Waals surface area contributed by atoms with E-state index in [1.54, 1.807) is 0 Å². The smallest absolute Gasteiger partial charge is 0.241 e. The maximum atomic E-state index is 13.4. The van der Waals surface area contributed by atoms with Crippen LogP contribution in [0.4, 0.5) is 15.8 Å². The molecule has 2 amide bonds. The van der Waals surface area contributed by atoms with Crippen LogP contribution in [0.15, 0.2) is 18.2 Å². The van der Waals surface area contributed by atoms with Crippen LogP contribution < -0.4 is 16.4 Å². The van der Waals surface area contributed by atoms with Gasteiger partial charge in [0.2, 0.25) is 11.8 Å². The highest BCUT2D eigenvalue weighted by atomic mass is 35.5. The van der Waals surface area contributed by atoms with Crippen molar-refractivity contribution in [2.75, 3.05) is 10.6 Å². The van der Waals surface area contributed by atoms with Crippen LogP contribution in [0.25, 0.3) is 0 Å². The van der Waals surface area contributed by atoms with Gasteiger partial charge in [0.1, 0.15) is 5.82 Å². The van der Waals surface area contributed by atoms with Crippen LogP contribution >= 0.6 is 12.4 Å². The Bertz CT molecular complexity index is 509. The molecule has 0 saturated carbocycles. The predicted octanol–water partition coefficient (Wildman–Crippen LogP) is 2.52. The van der Waals surface area contributed by atoms with Crippen LogP contribution in [0.1, 0.15) is 27.2 Å². The van der Waals surface area contributed by atoms with Crippen molar-refractivity contribution in [2.24, 2.45) is 11.7 Å². The number of halogens is 2. The third-order valence-electron chi connectivity index (χ3n) is 2.61. The second kappa shape index (κ2) is 8.59. The fourth-order valence-electron chi connectivity index (χ4n) is 1.74. The van der Waals surface area contributed by atoms with Gasteiger partial charge in [0.05, 0.1) is 11.7 Å². The average Bonchev–Trinajstić information content (AvgIpc) is 2.31. The molecule has 0 saturated heterocycles. The lowest BCUT2D eigenvalue weighted by atomic mass is 10.0. The molecule has 0 bridgehead atoms. The fourth-order valence-corrected chi connectivity index (χ4v) is 1.74. The lowest BCUT2D eigenvalue weighted by Gasteiger charge is -2.15. The standard InChI is InChI=1S/C14H20FN3O2.ClH/c1-8(2)6-12(16)14(20)18-10-4-5-11(15)13(7-10)17-9(3)19;/h4-5,7-8,12H,6,16H2,1-3H3,(H,17,19)(H,18,20);1H/t12-;/m0./s1. The van der Waals surface area contributed by atoms with Crippen molar-refractivity contribution in [3.05, 3.63) is 24.0 Å². The van der Waals surface area contributed by atoms with Crippen LogP contribution in [-0.2, 0) is 9.59 Å². The minimum Gasteiger partial charge on any atom is -0.325 e. The Hall–Kier alpha value is -1.66. The number of hydrogen-bond acceptors (Lipinski definition) is 3. The summed E-state index contributed by atoms with van der Waals surface area (Å²) < 4.78 is 13.4. The first-order chi connectivity index (χ1) is 9.29. The first-order valence-corrected chi connectivity index (χ1v) is 6.43. The topological polar surface area (TPSA) is 84.2 Å². The van der Waals surface area contributed by atoms with Gasteiger partial charge in [-0.25, -0.2) is 4.39 Å². The van der Waals surface area contributed by atoms with Crippen molar-refractivity contribution in [3.63, 3.8) is 0 Å². The van der Waals surface area contributed by atoms with Crippen molar-refractivity contribution in [2.45, 2.75) is 33.2 Å². The van der Waals surface area contributed by atoms with Gasteiger partial charge in [-0.1, -0.05) is 13.8 Å². The molecule has 0 fully saturated rings. The van der Waals surface area contributed by atoms with Gasteiger partial charge in [0, 0.05) is 12.6 Å². The van der Waals surface area contributed by atoms with E-state index >= 15 is 0 Å². The van der Waals surface area contributed by atoms with Crippen molar-refractivity contribution in [1.82, 2.24) is 0 Å². The van der Waals surface area contributed by atoms with Gasteiger partial charge >= 0.3 is 0 Å². The number of carbonyl (C=O) groups is 2. The number of anilines is 2. The second-order valence-electron chi connectivity index (χ2n) is 5.10. The highest BCUT2D eigenvalue weighted by molar-refractivity contribution is 5.96. The predicted molar refractivity (Wildman–Crippen MR) is 84.0 cm³/mol. The van der Waals surface area contributed by atoms with E-state index in [0.717, 1.165) is 0 Å². The summed E-state index contributed by atoms with van der Waals surface area (Å²) in [5, 5.41) is 4.96. The Morgan fingerprint density at radius 1 is 1.29 bits per heavy atom. The molecule has 0 radical (unpaired) electrons. The van der Waals surface area contributed by atoms with Gasteiger partial charge in [-0.05, 0) is 30.5 Å². The number of amides is 2. The molecular formula is C14H21ClFN3O2. The van der Waals surface area contributed by atoms with Crippen LogP contribution in [0.5, 0.6) is 0 Å². The lowest BCUT2D eigenvalue weighted by molar-refractivity contribution is -0.117. The SMILES string of the molecule is CC(=O)Nc1cc(NC(=O)[C@@H](N)CC(C)C)ccc1F.Cl. The molecule has 1 atom stereocenters. The monoisotopic (exact) mass is 317 g/mol. The summed E-state index contributed by atoms with van der Waals surface area (Å²) in [6.07, 6.45) is 0.561. The average molecular weight is 318 g/mol. The Morgan fingerprint density at radius 3 is 2.43 bits per heavy atom. The second-order valence-corrected chi connectivity index (χ2v) is 5.10. The first-order valence-electron chi connectivity index (χ1n) is 6.43. The normalized spacial score (nSPS) is 11.5. The van der Waals surface area contributed by atoms with E-state index in [9.17, 15) is 14.0 Å². The summed E-state index contributed by atoms with van der Waals surface area (Å²) in [6.45, 7) is 5.23. The molecule has 0 aliphatic rings. The molecule has 118 valence electrons. The number of nitrogens with one attached hydrogen (secondary N) is 2. The molecule has 0 aromatic heterocycles. The van der Waals surface area contributed by atoms with Gasteiger partial charge in [-0.2, -0.15) is 0 Å². The highest BCUT2D eigenvalue weighted by Gasteiger charge is 2.15. The summed E-state index contributed by atoms with van der Waals surface area (Å²) in [5.74, 6) is -0.980. The molecule has 5 nitrogen and oxygen atoms in total. The van der Waals surface area contributed by atoms with Crippen molar-refractivity contribution < 1.29 is 14.0 Å². The highest BCUT2D eigenvalue weighted by Crippen LogP contribution is 2.20. The molecule has 0 unspecified atom stereocenters. The van der Waals surface area contributed by atoms with E-state index in [1.165, 1.54) is 25.1 Å². The maximum Gasteiger partial charge on any atom is 0.241 e. The largest absolute Gasteiger partial charge is 0.325 e. The third-order valence-corrected chi connectivity index (χ3v) is 2.61. The maximum absolute atomic E-state index is 13.4. The van der Waals surface area contributed by atoms with Crippen molar-refractivity contribution in [3.8, 4) is 0 Å². The zero-order valence-corrected chi connectivity index (χ0v) is 13.1. The molecule has 0 spiro atoms. The first kappa shape index (κ1) is 19.3. The summed E-state index contributed by atoms with van der Waals surface area (Å²) in [6, 6.07) is 3.33. The molecule has 0 aliphatic heterocycles. The minimum atomic E-state index is -0.621. The fraction of sp³-hybridized carbons (Fsp3) is 0.429. The van der Waals surface area contributed by atoms with E-state index in [1.807, 2.05) is 13.8 Å². The number of hydrogen-bond donors (Lipinski definition) is 3. The molecule has 7 heteroatoms. The molecule has 1 aromatic carbocycles. The molecule has 1 rings (SSSR count). The minimum absolute atomic E-state index is 0. The zero-order valence-electron chi connectivity index (χ0n) is 12.3. The van der Waals surface area contributed by atoms with Crippen LogP contribution in [-0.4, -0.2) is 17.9 Å². The Labute approximate surface area is 129 Å². The molecule has 0 heterocycles. The number of benzene rings is 1. The number of nitrogens with two attached hydrogens (primary N) is 1. The van der Waals surface area contributed by atoms with Gasteiger partial charge in [-0.15, -0.1) is 12.4 Å². The summed E-state index contributed by atoms with van der Waals surface area (Å²) in [5.41, 5.74) is 6.17. The summed E-state index contributed by atoms with van der Waals surface area (Å²) in [4.78, 5) is 22.8. The third kappa shape index (κ3) is 6.55. The van der Waals surface area contributed by atoms with Gasteiger partial charge in [0.25, 0.3) is 0 Å². The van der Waals surface area contributed by atoms with E-state index in [-0.39, 0.29) is 29.9 Å². The van der Waals surface area contributed by atoms with Gasteiger partial charge < -0.3 is 16.4 Å². The number of carbonyl (C=O) groups excluding carboxylic acids is 2. The van der Waals surface area contributed by atoms with Crippen LogP contribution in [0.3, 0.4) is 0 Å². The number of rotatable bonds is 5. The van der Waals surface area contributed by atoms with Crippen LogP contribution in [0, 0.1) is 11.7 Å². The quantitative estimate of drug-likeness (QED) is 0.780. The molecule has 21 heavy (non-hydrogen) atoms. The zero-order chi connectivity index (χ0) is 15.3. The summed E-state index contributed by atoms with van der Waals surface area (Å²) in [7, 11) is 0.